The molecule has 0 saturated heterocycles. The Bertz CT molecular complexity index is 373. The molecule has 3 N–H and O–H groups in total. The van der Waals surface area contributed by atoms with Crippen molar-refractivity contribution in [3.8, 4) is 0 Å². The maximum absolute atomic E-state index is 11.8. The minimum absolute atomic E-state index is 0.0795. The Morgan fingerprint density at radius 3 is 3.06 bits per heavy atom. The second-order valence-corrected chi connectivity index (χ2v) is 5.33. The maximum Gasteiger partial charge on any atom is 0.270 e. The summed E-state index contributed by atoms with van der Waals surface area (Å²) in [6, 6.07) is 0.239. The van der Waals surface area contributed by atoms with Crippen LogP contribution in [0.15, 0.2) is 5.38 Å². The number of carbonyl (C=O) groups is 1. The highest BCUT2D eigenvalue weighted by molar-refractivity contribution is 7.09. The van der Waals surface area contributed by atoms with Crippen molar-refractivity contribution >= 4 is 17.2 Å². The van der Waals surface area contributed by atoms with Gasteiger partial charge in [0.1, 0.15) is 10.7 Å². The summed E-state index contributed by atoms with van der Waals surface area (Å²) in [6.45, 7) is 2.45. The standard InChI is InChI=1S/C11H17N3OS/c1-7(4-8-2-3-8)13-11(15)9-6-16-10(5-12)14-9/h6-8H,2-5,12H2,1H3,(H,13,15). The van der Waals surface area contributed by atoms with E-state index in [2.05, 4.69) is 10.3 Å². The molecule has 4 nitrogen and oxygen atoms in total. The predicted molar refractivity (Wildman–Crippen MR) is 64.3 cm³/mol. The first kappa shape index (κ1) is 11.5. The van der Waals surface area contributed by atoms with Gasteiger partial charge >= 0.3 is 0 Å². The monoisotopic (exact) mass is 239 g/mol. The molecule has 0 aliphatic heterocycles. The van der Waals surface area contributed by atoms with E-state index >= 15 is 0 Å². The number of rotatable bonds is 5. The summed E-state index contributed by atoms with van der Waals surface area (Å²) in [6.07, 6.45) is 3.71. The molecule has 1 unspecified atom stereocenters. The van der Waals surface area contributed by atoms with Crippen molar-refractivity contribution in [3.63, 3.8) is 0 Å². The summed E-state index contributed by atoms with van der Waals surface area (Å²) in [5, 5.41) is 5.54. The zero-order valence-corrected chi connectivity index (χ0v) is 10.2. The lowest BCUT2D eigenvalue weighted by Gasteiger charge is -2.11. The molecule has 1 heterocycles. The van der Waals surface area contributed by atoms with Gasteiger partial charge in [-0.3, -0.25) is 4.79 Å². The third-order valence-electron chi connectivity index (χ3n) is 2.72. The molecule has 0 spiro atoms. The van der Waals surface area contributed by atoms with E-state index in [4.69, 9.17) is 5.73 Å². The molecule has 5 heteroatoms. The first-order chi connectivity index (χ1) is 7.69. The number of hydrogen-bond acceptors (Lipinski definition) is 4. The minimum atomic E-state index is -0.0795. The van der Waals surface area contributed by atoms with Gasteiger partial charge in [-0.1, -0.05) is 12.8 Å². The van der Waals surface area contributed by atoms with E-state index in [1.807, 2.05) is 6.92 Å². The van der Waals surface area contributed by atoms with Gasteiger partial charge in [-0.2, -0.15) is 0 Å². The molecule has 1 aromatic rings. The number of nitrogens with two attached hydrogens (primary N) is 1. The fourth-order valence-corrected chi connectivity index (χ4v) is 2.37. The highest BCUT2D eigenvalue weighted by atomic mass is 32.1. The zero-order chi connectivity index (χ0) is 11.5. The van der Waals surface area contributed by atoms with Crippen molar-refractivity contribution < 1.29 is 4.79 Å². The Morgan fingerprint density at radius 2 is 2.50 bits per heavy atom. The summed E-state index contributed by atoms with van der Waals surface area (Å²) < 4.78 is 0. The number of hydrogen-bond donors (Lipinski definition) is 2. The van der Waals surface area contributed by atoms with E-state index in [-0.39, 0.29) is 11.9 Å². The van der Waals surface area contributed by atoms with Crippen LogP contribution in [0.3, 0.4) is 0 Å². The first-order valence-corrected chi connectivity index (χ1v) is 6.52. The largest absolute Gasteiger partial charge is 0.348 e. The van der Waals surface area contributed by atoms with Crippen LogP contribution in [0.1, 0.15) is 41.7 Å². The second kappa shape index (κ2) is 4.93. The minimum Gasteiger partial charge on any atom is -0.348 e. The molecule has 88 valence electrons. The highest BCUT2D eigenvalue weighted by Gasteiger charge is 2.24. The molecule has 2 rings (SSSR count). The van der Waals surface area contributed by atoms with Crippen molar-refractivity contribution in [3.05, 3.63) is 16.1 Å². The third kappa shape index (κ3) is 3.02. The van der Waals surface area contributed by atoms with Gasteiger partial charge in [0, 0.05) is 18.0 Å². The topological polar surface area (TPSA) is 68.0 Å². The van der Waals surface area contributed by atoms with Crippen molar-refractivity contribution in [1.29, 1.82) is 0 Å². The molecule has 1 aliphatic rings. The zero-order valence-electron chi connectivity index (χ0n) is 9.40. The molecule has 1 aliphatic carbocycles. The fourth-order valence-electron chi connectivity index (χ4n) is 1.72. The Morgan fingerprint density at radius 1 is 1.75 bits per heavy atom. The molecule has 1 amide bonds. The van der Waals surface area contributed by atoms with Gasteiger partial charge < -0.3 is 11.1 Å². The number of thiazole rings is 1. The molecule has 1 saturated carbocycles. The highest BCUT2D eigenvalue weighted by Crippen LogP contribution is 2.33. The van der Waals surface area contributed by atoms with Gasteiger partial charge in [-0.05, 0) is 19.3 Å². The summed E-state index contributed by atoms with van der Waals surface area (Å²) in [5.74, 6) is 0.745. The van der Waals surface area contributed by atoms with Crippen LogP contribution >= 0.6 is 11.3 Å². The lowest BCUT2D eigenvalue weighted by atomic mass is 10.1. The average molecular weight is 239 g/mol. The van der Waals surface area contributed by atoms with E-state index in [1.54, 1.807) is 5.38 Å². The normalized spacial score (nSPS) is 17.1. The summed E-state index contributed by atoms with van der Waals surface area (Å²) in [5.41, 5.74) is 5.95. The third-order valence-corrected chi connectivity index (χ3v) is 3.59. The smallest absolute Gasteiger partial charge is 0.270 e. The summed E-state index contributed by atoms with van der Waals surface area (Å²) >= 11 is 1.43. The van der Waals surface area contributed by atoms with Crippen molar-refractivity contribution in [1.82, 2.24) is 10.3 Å². The van der Waals surface area contributed by atoms with Crippen molar-refractivity contribution in [2.24, 2.45) is 11.7 Å². The number of nitrogens with one attached hydrogen (secondary N) is 1. The first-order valence-electron chi connectivity index (χ1n) is 5.64. The Kier molecular flexibility index (Phi) is 3.56. The van der Waals surface area contributed by atoms with Gasteiger partial charge in [0.25, 0.3) is 5.91 Å². The molecule has 1 atom stereocenters. The molecule has 1 aromatic heterocycles. The number of amides is 1. The van der Waals surface area contributed by atoms with Crippen LogP contribution in [0.5, 0.6) is 0 Å². The van der Waals surface area contributed by atoms with Crippen LogP contribution in [-0.2, 0) is 6.54 Å². The molecule has 1 fully saturated rings. The van der Waals surface area contributed by atoms with E-state index in [0.717, 1.165) is 17.3 Å². The van der Waals surface area contributed by atoms with Crippen LogP contribution < -0.4 is 11.1 Å². The predicted octanol–water partition coefficient (Wildman–Crippen LogP) is 1.52. The number of aromatic nitrogens is 1. The number of carbonyl (C=O) groups excluding carboxylic acids is 1. The lowest BCUT2D eigenvalue weighted by molar-refractivity contribution is 0.0933. The van der Waals surface area contributed by atoms with Crippen LogP contribution in [0, 0.1) is 5.92 Å². The van der Waals surface area contributed by atoms with E-state index in [0.29, 0.717) is 12.2 Å². The van der Waals surface area contributed by atoms with Crippen molar-refractivity contribution in [2.75, 3.05) is 0 Å². The Hall–Kier alpha value is -0.940. The van der Waals surface area contributed by atoms with Crippen LogP contribution in [-0.4, -0.2) is 16.9 Å². The number of nitrogens with zero attached hydrogens (tertiary/aromatic N) is 1. The fraction of sp³-hybridized carbons (Fsp3) is 0.636. The van der Waals surface area contributed by atoms with Gasteiger partial charge in [0.2, 0.25) is 0 Å². The molecular weight excluding hydrogens is 222 g/mol. The van der Waals surface area contributed by atoms with Crippen LogP contribution in [0.2, 0.25) is 0 Å². The molecule has 0 radical (unpaired) electrons. The van der Waals surface area contributed by atoms with E-state index < -0.39 is 0 Å². The summed E-state index contributed by atoms with van der Waals surface area (Å²) in [4.78, 5) is 15.9. The Balaban J connectivity index is 1.85. The van der Waals surface area contributed by atoms with E-state index in [9.17, 15) is 4.79 Å². The van der Waals surface area contributed by atoms with Gasteiger partial charge in [-0.25, -0.2) is 4.98 Å². The SMILES string of the molecule is CC(CC1CC1)NC(=O)c1csc(CN)n1. The quantitative estimate of drug-likeness (QED) is 0.818. The van der Waals surface area contributed by atoms with Crippen LogP contribution in [0.4, 0.5) is 0 Å². The lowest BCUT2D eigenvalue weighted by Crippen LogP contribution is -2.33. The van der Waals surface area contributed by atoms with Gasteiger partial charge in [0.05, 0.1) is 0 Å². The molecule has 0 aromatic carbocycles. The molecular formula is C11H17N3OS. The second-order valence-electron chi connectivity index (χ2n) is 4.38. The average Bonchev–Trinajstić information content (AvgIpc) is 2.93. The van der Waals surface area contributed by atoms with Gasteiger partial charge in [-0.15, -0.1) is 11.3 Å². The van der Waals surface area contributed by atoms with Gasteiger partial charge in [0.15, 0.2) is 0 Å². The van der Waals surface area contributed by atoms with E-state index in [1.165, 1.54) is 24.2 Å². The van der Waals surface area contributed by atoms with Crippen molar-refractivity contribution in [2.45, 2.75) is 38.8 Å². The Labute approximate surface area is 99.3 Å². The molecule has 0 bridgehead atoms. The maximum atomic E-state index is 11.8. The summed E-state index contributed by atoms with van der Waals surface area (Å²) in [7, 11) is 0. The van der Waals surface area contributed by atoms with Crippen LogP contribution in [0.25, 0.3) is 0 Å². The molecule has 16 heavy (non-hydrogen) atoms.